The number of rotatable bonds is 5. The molecule has 0 saturated heterocycles. The Morgan fingerprint density at radius 1 is 0.828 bits per heavy atom. The molecule has 1 aromatic heterocycles. The molecule has 4 aromatic rings. The standard InChI is InChI=1S/C24H20N4S/c1-2-15-25-24(29)26-19-13-14-20-21(16-19)28-23(18-11-7-4-8-12-18)22(27-20)17-9-5-3-6-10-17/h2-14,16H,1,15H2,(H2,25,26,29). The number of thiocarbonyl (C=S) groups is 1. The molecule has 29 heavy (non-hydrogen) atoms. The monoisotopic (exact) mass is 396 g/mol. The van der Waals surface area contributed by atoms with Crippen LogP contribution in [0.1, 0.15) is 0 Å². The van der Waals surface area contributed by atoms with Crippen molar-refractivity contribution in [2.45, 2.75) is 0 Å². The molecule has 0 aliphatic carbocycles. The fourth-order valence-corrected chi connectivity index (χ4v) is 3.27. The van der Waals surface area contributed by atoms with E-state index < -0.39 is 0 Å². The zero-order chi connectivity index (χ0) is 20.1. The van der Waals surface area contributed by atoms with Crippen molar-refractivity contribution >= 4 is 34.1 Å². The Morgan fingerprint density at radius 3 is 2.00 bits per heavy atom. The van der Waals surface area contributed by atoms with Gasteiger partial charge in [0.05, 0.1) is 22.4 Å². The molecule has 4 nitrogen and oxygen atoms in total. The van der Waals surface area contributed by atoms with Gasteiger partial charge in [0, 0.05) is 23.4 Å². The smallest absolute Gasteiger partial charge is 0.171 e. The van der Waals surface area contributed by atoms with E-state index in [0.29, 0.717) is 11.7 Å². The maximum Gasteiger partial charge on any atom is 0.171 e. The third-order valence-corrected chi connectivity index (χ3v) is 4.67. The first-order chi connectivity index (χ1) is 14.2. The van der Waals surface area contributed by atoms with Crippen LogP contribution in [-0.2, 0) is 0 Å². The predicted molar refractivity (Wildman–Crippen MR) is 125 cm³/mol. The molecule has 0 amide bonds. The summed E-state index contributed by atoms with van der Waals surface area (Å²) in [5.74, 6) is 0. The summed E-state index contributed by atoms with van der Waals surface area (Å²) in [5.41, 5.74) is 6.29. The second-order valence-electron chi connectivity index (χ2n) is 6.48. The lowest BCUT2D eigenvalue weighted by molar-refractivity contribution is 1.06. The summed E-state index contributed by atoms with van der Waals surface area (Å²) in [7, 11) is 0. The van der Waals surface area contributed by atoms with Gasteiger partial charge in [0.15, 0.2) is 5.11 Å². The second-order valence-corrected chi connectivity index (χ2v) is 6.89. The molecular formula is C24H20N4S. The van der Waals surface area contributed by atoms with Crippen molar-refractivity contribution in [3.05, 3.63) is 91.5 Å². The summed E-state index contributed by atoms with van der Waals surface area (Å²) >= 11 is 5.31. The number of nitrogens with zero attached hydrogens (tertiary/aromatic N) is 2. The minimum Gasteiger partial charge on any atom is -0.359 e. The van der Waals surface area contributed by atoms with Crippen LogP contribution in [0.3, 0.4) is 0 Å². The first-order valence-electron chi connectivity index (χ1n) is 9.33. The van der Waals surface area contributed by atoms with Crippen molar-refractivity contribution in [2.24, 2.45) is 0 Å². The van der Waals surface area contributed by atoms with Crippen LogP contribution in [0.25, 0.3) is 33.5 Å². The Bertz CT molecular complexity index is 1160. The van der Waals surface area contributed by atoms with Gasteiger partial charge in [0.1, 0.15) is 0 Å². The molecule has 2 N–H and O–H groups in total. The lowest BCUT2D eigenvalue weighted by Crippen LogP contribution is -2.28. The number of hydrogen-bond acceptors (Lipinski definition) is 3. The maximum atomic E-state index is 5.31. The zero-order valence-electron chi connectivity index (χ0n) is 15.8. The van der Waals surface area contributed by atoms with E-state index in [-0.39, 0.29) is 0 Å². The second kappa shape index (κ2) is 8.63. The highest BCUT2D eigenvalue weighted by Crippen LogP contribution is 2.31. The molecule has 3 aromatic carbocycles. The Hall–Kier alpha value is -3.57. The van der Waals surface area contributed by atoms with Gasteiger partial charge in [-0.1, -0.05) is 66.7 Å². The SMILES string of the molecule is C=CCNC(=S)Nc1ccc2nc(-c3ccccc3)c(-c3ccccc3)nc2c1. The van der Waals surface area contributed by atoms with Gasteiger partial charge in [-0.15, -0.1) is 6.58 Å². The van der Waals surface area contributed by atoms with Gasteiger partial charge in [0.2, 0.25) is 0 Å². The van der Waals surface area contributed by atoms with Crippen molar-refractivity contribution in [3.63, 3.8) is 0 Å². The Morgan fingerprint density at radius 2 is 1.41 bits per heavy atom. The molecule has 0 radical (unpaired) electrons. The molecule has 0 fully saturated rings. The predicted octanol–water partition coefficient (Wildman–Crippen LogP) is 5.44. The van der Waals surface area contributed by atoms with Crippen LogP contribution in [0.2, 0.25) is 0 Å². The summed E-state index contributed by atoms with van der Waals surface area (Å²) in [4.78, 5) is 9.91. The topological polar surface area (TPSA) is 49.8 Å². The normalized spacial score (nSPS) is 10.5. The van der Waals surface area contributed by atoms with Gasteiger partial charge in [-0.25, -0.2) is 9.97 Å². The Kier molecular flexibility index (Phi) is 5.59. The summed E-state index contributed by atoms with van der Waals surface area (Å²) < 4.78 is 0. The van der Waals surface area contributed by atoms with Crippen LogP contribution < -0.4 is 10.6 Å². The highest BCUT2D eigenvalue weighted by molar-refractivity contribution is 7.80. The zero-order valence-corrected chi connectivity index (χ0v) is 16.6. The van der Waals surface area contributed by atoms with Crippen molar-refractivity contribution in [3.8, 4) is 22.5 Å². The van der Waals surface area contributed by atoms with Gasteiger partial charge in [-0.2, -0.15) is 0 Å². The van der Waals surface area contributed by atoms with Crippen molar-refractivity contribution in [1.82, 2.24) is 15.3 Å². The first-order valence-corrected chi connectivity index (χ1v) is 9.74. The van der Waals surface area contributed by atoms with E-state index in [4.69, 9.17) is 22.2 Å². The molecule has 0 bridgehead atoms. The molecule has 0 atom stereocenters. The van der Waals surface area contributed by atoms with E-state index in [1.165, 1.54) is 0 Å². The van der Waals surface area contributed by atoms with Crippen LogP contribution >= 0.6 is 12.2 Å². The van der Waals surface area contributed by atoms with E-state index in [9.17, 15) is 0 Å². The van der Waals surface area contributed by atoms with Gasteiger partial charge >= 0.3 is 0 Å². The molecule has 142 valence electrons. The lowest BCUT2D eigenvalue weighted by Gasteiger charge is -2.12. The van der Waals surface area contributed by atoms with Crippen molar-refractivity contribution in [1.29, 1.82) is 0 Å². The Labute approximate surface area is 175 Å². The maximum absolute atomic E-state index is 5.31. The minimum atomic E-state index is 0.543. The lowest BCUT2D eigenvalue weighted by atomic mass is 10.0. The number of aromatic nitrogens is 2. The number of fused-ring (bicyclic) bond motifs is 1. The van der Waals surface area contributed by atoms with Crippen LogP contribution in [0, 0.1) is 0 Å². The van der Waals surface area contributed by atoms with E-state index in [2.05, 4.69) is 41.5 Å². The minimum absolute atomic E-state index is 0.543. The van der Waals surface area contributed by atoms with Crippen LogP contribution in [0.4, 0.5) is 5.69 Å². The molecule has 0 spiro atoms. The van der Waals surface area contributed by atoms with E-state index in [1.807, 2.05) is 54.6 Å². The number of hydrogen-bond donors (Lipinski definition) is 2. The summed E-state index contributed by atoms with van der Waals surface area (Å²) in [6.45, 7) is 4.29. The molecule has 0 saturated carbocycles. The van der Waals surface area contributed by atoms with Gasteiger partial charge in [-0.3, -0.25) is 0 Å². The van der Waals surface area contributed by atoms with Gasteiger partial charge < -0.3 is 10.6 Å². The van der Waals surface area contributed by atoms with Gasteiger partial charge in [0.25, 0.3) is 0 Å². The summed E-state index contributed by atoms with van der Waals surface area (Å²) in [5, 5.41) is 6.79. The largest absolute Gasteiger partial charge is 0.359 e. The summed E-state index contributed by atoms with van der Waals surface area (Å²) in [6.07, 6.45) is 1.76. The number of benzene rings is 3. The third-order valence-electron chi connectivity index (χ3n) is 4.42. The molecule has 0 aliphatic rings. The molecule has 4 rings (SSSR count). The molecule has 5 heteroatoms. The highest BCUT2D eigenvalue weighted by atomic mass is 32.1. The number of anilines is 1. The first kappa shape index (κ1) is 18.8. The average molecular weight is 397 g/mol. The quantitative estimate of drug-likeness (QED) is 0.348. The Balaban J connectivity index is 1.80. The molecule has 0 aliphatic heterocycles. The van der Waals surface area contributed by atoms with E-state index >= 15 is 0 Å². The number of nitrogens with one attached hydrogen (secondary N) is 2. The van der Waals surface area contributed by atoms with Crippen molar-refractivity contribution < 1.29 is 0 Å². The molecule has 0 unspecified atom stereocenters. The highest BCUT2D eigenvalue weighted by Gasteiger charge is 2.13. The molecular weight excluding hydrogens is 376 g/mol. The van der Waals surface area contributed by atoms with Crippen LogP contribution in [-0.4, -0.2) is 21.6 Å². The van der Waals surface area contributed by atoms with E-state index in [0.717, 1.165) is 39.2 Å². The molecule has 1 heterocycles. The van der Waals surface area contributed by atoms with E-state index in [1.54, 1.807) is 6.08 Å². The van der Waals surface area contributed by atoms with Crippen LogP contribution in [0.5, 0.6) is 0 Å². The summed E-state index contributed by atoms with van der Waals surface area (Å²) in [6, 6.07) is 26.2. The van der Waals surface area contributed by atoms with Crippen LogP contribution in [0.15, 0.2) is 91.5 Å². The van der Waals surface area contributed by atoms with Crippen molar-refractivity contribution in [2.75, 3.05) is 11.9 Å². The van der Waals surface area contributed by atoms with Gasteiger partial charge in [-0.05, 0) is 30.4 Å². The fraction of sp³-hybridized carbons (Fsp3) is 0.0417. The average Bonchev–Trinajstić information content (AvgIpc) is 2.78. The fourth-order valence-electron chi connectivity index (χ4n) is 3.07. The third kappa shape index (κ3) is 4.31.